The van der Waals surface area contributed by atoms with E-state index in [-0.39, 0.29) is 11.5 Å². The molecule has 1 fully saturated rings. The molecule has 2 N–H and O–H groups in total. The molecule has 146 valence electrons. The third kappa shape index (κ3) is 4.08. The maximum Gasteiger partial charge on any atom is 0.252 e. The van der Waals surface area contributed by atoms with Crippen LogP contribution in [0.1, 0.15) is 18.1 Å². The summed E-state index contributed by atoms with van der Waals surface area (Å²) in [7, 11) is 0. The Kier molecular flexibility index (Phi) is 5.41. The van der Waals surface area contributed by atoms with Crippen molar-refractivity contribution in [1.82, 2.24) is 14.9 Å². The largest absolute Gasteiger partial charge is 0.494 e. The van der Waals surface area contributed by atoms with E-state index in [0.29, 0.717) is 25.3 Å². The number of H-pyrrole nitrogens is 1. The molecule has 6 heteroatoms. The van der Waals surface area contributed by atoms with Crippen LogP contribution in [0.3, 0.4) is 0 Å². The number of ether oxygens (including phenoxy) is 1. The molecule has 0 unspecified atom stereocenters. The smallest absolute Gasteiger partial charge is 0.252 e. The Hall–Kier alpha value is -2.70. The van der Waals surface area contributed by atoms with Gasteiger partial charge in [0.05, 0.1) is 12.7 Å². The zero-order valence-corrected chi connectivity index (χ0v) is 16.0. The SMILES string of the molecule is CCOc1ccc2[nH]c(=O)c(CN3C[C@@H](Cc4ccncc4)[C@@H](O)C3)cc2c1. The molecule has 0 saturated carbocycles. The zero-order valence-electron chi connectivity index (χ0n) is 16.0. The first-order valence-corrected chi connectivity index (χ1v) is 9.70. The van der Waals surface area contributed by atoms with Crippen LogP contribution in [0.2, 0.25) is 0 Å². The van der Waals surface area contributed by atoms with E-state index in [1.807, 2.05) is 43.3 Å². The van der Waals surface area contributed by atoms with Crippen molar-refractivity contribution in [3.63, 3.8) is 0 Å². The topological polar surface area (TPSA) is 78.5 Å². The number of benzene rings is 1. The summed E-state index contributed by atoms with van der Waals surface area (Å²) in [4.78, 5) is 21.7. The monoisotopic (exact) mass is 379 g/mol. The maximum atomic E-state index is 12.5. The fourth-order valence-corrected chi connectivity index (χ4v) is 3.94. The Labute approximate surface area is 163 Å². The first-order valence-electron chi connectivity index (χ1n) is 9.70. The first-order chi connectivity index (χ1) is 13.6. The van der Waals surface area contributed by atoms with E-state index in [0.717, 1.165) is 29.6 Å². The van der Waals surface area contributed by atoms with E-state index < -0.39 is 6.10 Å². The second kappa shape index (κ2) is 8.12. The maximum absolute atomic E-state index is 12.5. The highest BCUT2D eigenvalue weighted by molar-refractivity contribution is 5.80. The van der Waals surface area contributed by atoms with Crippen LogP contribution in [0.4, 0.5) is 0 Å². The van der Waals surface area contributed by atoms with E-state index in [9.17, 15) is 9.90 Å². The fourth-order valence-electron chi connectivity index (χ4n) is 3.94. The minimum atomic E-state index is -0.391. The Morgan fingerprint density at radius 1 is 1.21 bits per heavy atom. The highest BCUT2D eigenvalue weighted by atomic mass is 16.5. The van der Waals surface area contributed by atoms with Gasteiger partial charge >= 0.3 is 0 Å². The predicted molar refractivity (Wildman–Crippen MR) is 108 cm³/mol. The van der Waals surface area contributed by atoms with Gasteiger partial charge in [-0.3, -0.25) is 14.7 Å². The molecule has 0 aliphatic carbocycles. The summed E-state index contributed by atoms with van der Waals surface area (Å²) in [5.41, 5.74) is 2.60. The molecule has 0 bridgehead atoms. The number of fused-ring (bicyclic) bond motifs is 1. The summed E-state index contributed by atoms with van der Waals surface area (Å²) in [5, 5.41) is 11.4. The van der Waals surface area contributed by atoms with Crippen molar-refractivity contribution in [2.45, 2.75) is 26.0 Å². The predicted octanol–water partition coefficient (Wildman–Crippen LogP) is 2.36. The van der Waals surface area contributed by atoms with E-state index in [1.165, 1.54) is 5.56 Å². The number of nitrogens with one attached hydrogen (secondary N) is 1. The summed E-state index contributed by atoms with van der Waals surface area (Å²) in [6, 6.07) is 11.6. The molecular formula is C22H25N3O3. The lowest BCUT2D eigenvalue weighted by Gasteiger charge is -2.16. The second-order valence-corrected chi connectivity index (χ2v) is 7.39. The molecule has 2 atom stereocenters. The Morgan fingerprint density at radius 2 is 2.04 bits per heavy atom. The highest BCUT2D eigenvalue weighted by Crippen LogP contribution is 2.24. The van der Waals surface area contributed by atoms with Gasteiger partial charge in [-0.25, -0.2) is 0 Å². The number of aliphatic hydroxyl groups excluding tert-OH is 1. The number of hydrogen-bond acceptors (Lipinski definition) is 5. The molecule has 28 heavy (non-hydrogen) atoms. The zero-order chi connectivity index (χ0) is 19.5. The molecule has 0 spiro atoms. The van der Waals surface area contributed by atoms with Crippen molar-refractivity contribution in [3.05, 3.63) is 70.3 Å². The Morgan fingerprint density at radius 3 is 2.82 bits per heavy atom. The summed E-state index contributed by atoms with van der Waals surface area (Å²) in [6.07, 6.45) is 3.97. The molecule has 4 rings (SSSR count). The average Bonchev–Trinajstić information content (AvgIpc) is 3.02. The van der Waals surface area contributed by atoms with Crippen molar-refractivity contribution < 1.29 is 9.84 Å². The number of aliphatic hydroxyl groups is 1. The lowest BCUT2D eigenvalue weighted by atomic mass is 9.97. The third-order valence-corrected chi connectivity index (χ3v) is 5.33. The van der Waals surface area contributed by atoms with Crippen LogP contribution in [0.25, 0.3) is 10.9 Å². The molecule has 1 aliphatic rings. The summed E-state index contributed by atoms with van der Waals surface area (Å²) < 4.78 is 5.56. The summed E-state index contributed by atoms with van der Waals surface area (Å²) >= 11 is 0. The number of aromatic nitrogens is 2. The normalized spacial score (nSPS) is 19.9. The molecule has 0 radical (unpaired) electrons. The van der Waals surface area contributed by atoms with Crippen molar-refractivity contribution in [2.75, 3.05) is 19.7 Å². The van der Waals surface area contributed by atoms with Gasteiger partial charge in [-0.05, 0) is 55.3 Å². The quantitative estimate of drug-likeness (QED) is 0.687. The average molecular weight is 379 g/mol. The number of pyridine rings is 2. The van der Waals surface area contributed by atoms with Crippen LogP contribution in [0.15, 0.2) is 53.6 Å². The van der Waals surface area contributed by atoms with Crippen LogP contribution in [-0.2, 0) is 13.0 Å². The van der Waals surface area contributed by atoms with Crippen molar-refractivity contribution in [3.8, 4) is 5.75 Å². The fraction of sp³-hybridized carbons (Fsp3) is 0.364. The van der Waals surface area contributed by atoms with Gasteiger partial charge in [0.1, 0.15) is 5.75 Å². The van der Waals surface area contributed by atoms with Crippen LogP contribution < -0.4 is 10.3 Å². The molecule has 6 nitrogen and oxygen atoms in total. The number of aromatic amines is 1. The first kappa shape index (κ1) is 18.7. The Bertz CT molecular complexity index is 1000. The van der Waals surface area contributed by atoms with Crippen LogP contribution in [-0.4, -0.2) is 45.8 Å². The highest BCUT2D eigenvalue weighted by Gasteiger charge is 2.31. The number of hydrogen-bond donors (Lipinski definition) is 2. The van der Waals surface area contributed by atoms with E-state index >= 15 is 0 Å². The van der Waals surface area contributed by atoms with Gasteiger partial charge in [0.15, 0.2) is 0 Å². The van der Waals surface area contributed by atoms with Crippen LogP contribution >= 0.6 is 0 Å². The number of likely N-dealkylation sites (tertiary alicyclic amines) is 1. The molecule has 1 aliphatic heterocycles. The van der Waals surface area contributed by atoms with Gasteiger partial charge in [0.25, 0.3) is 5.56 Å². The van der Waals surface area contributed by atoms with Gasteiger partial charge in [0.2, 0.25) is 0 Å². The third-order valence-electron chi connectivity index (χ3n) is 5.33. The van der Waals surface area contributed by atoms with Crippen molar-refractivity contribution in [2.24, 2.45) is 5.92 Å². The minimum Gasteiger partial charge on any atom is -0.494 e. The molecule has 3 heterocycles. The summed E-state index contributed by atoms with van der Waals surface area (Å²) in [6.45, 7) is 4.41. The lowest BCUT2D eigenvalue weighted by molar-refractivity contribution is 0.141. The number of β-amino-alcohol motifs (C(OH)–C–C–N with tert-alkyl or cyclic N) is 1. The van der Waals surface area contributed by atoms with Crippen LogP contribution in [0.5, 0.6) is 5.75 Å². The molecule has 0 amide bonds. The molecule has 2 aromatic heterocycles. The van der Waals surface area contributed by atoms with Gasteiger partial charge < -0.3 is 14.8 Å². The van der Waals surface area contributed by atoms with Crippen molar-refractivity contribution in [1.29, 1.82) is 0 Å². The molecule has 3 aromatic rings. The lowest BCUT2D eigenvalue weighted by Crippen LogP contribution is -2.25. The van der Waals surface area contributed by atoms with E-state index in [4.69, 9.17) is 4.74 Å². The number of nitrogens with zero attached hydrogens (tertiary/aromatic N) is 2. The van der Waals surface area contributed by atoms with Crippen molar-refractivity contribution >= 4 is 10.9 Å². The van der Waals surface area contributed by atoms with Gasteiger partial charge in [-0.1, -0.05) is 0 Å². The second-order valence-electron chi connectivity index (χ2n) is 7.39. The molecule has 1 saturated heterocycles. The van der Waals surface area contributed by atoms with Gasteiger partial charge in [-0.2, -0.15) is 0 Å². The standard InChI is InChI=1S/C22H25N3O3/c1-2-28-19-3-4-20-16(11-19)10-18(22(27)24-20)13-25-12-17(21(26)14-25)9-15-5-7-23-8-6-15/h3-8,10-11,17,21,26H,2,9,12-14H2,1H3,(H,24,27)/t17-,21+/m1/s1. The van der Waals surface area contributed by atoms with Gasteiger partial charge in [0, 0.05) is 54.4 Å². The molecular weight excluding hydrogens is 354 g/mol. The van der Waals surface area contributed by atoms with E-state index in [1.54, 1.807) is 12.4 Å². The Balaban J connectivity index is 1.49. The van der Waals surface area contributed by atoms with Gasteiger partial charge in [-0.15, -0.1) is 0 Å². The number of rotatable bonds is 6. The van der Waals surface area contributed by atoms with Crippen LogP contribution in [0, 0.1) is 5.92 Å². The van der Waals surface area contributed by atoms with E-state index in [2.05, 4.69) is 14.9 Å². The molecule has 1 aromatic carbocycles. The minimum absolute atomic E-state index is 0.0799. The summed E-state index contributed by atoms with van der Waals surface area (Å²) in [5.74, 6) is 0.952.